The maximum absolute atomic E-state index is 12.1. The molecule has 2 N–H and O–H groups in total. The molecule has 0 spiro atoms. The Morgan fingerprint density at radius 2 is 2.05 bits per heavy atom. The number of rotatable bonds is 6. The van der Waals surface area contributed by atoms with Crippen LogP contribution < -0.4 is 10.0 Å². The van der Waals surface area contributed by atoms with Crippen molar-refractivity contribution >= 4 is 48.8 Å². The summed E-state index contributed by atoms with van der Waals surface area (Å²) in [7, 11) is -3.55. The van der Waals surface area contributed by atoms with Gasteiger partial charge in [-0.2, -0.15) is 0 Å². The van der Waals surface area contributed by atoms with Crippen LogP contribution in [0.5, 0.6) is 0 Å². The molecule has 2 aromatic rings. The highest BCUT2D eigenvalue weighted by atomic mass is 79.9. The summed E-state index contributed by atoms with van der Waals surface area (Å²) in [6, 6.07) is 6.71. The van der Waals surface area contributed by atoms with Gasteiger partial charge in [-0.3, -0.25) is 4.72 Å². The predicted octanol–water partition coefficient (Wildman–Crippen LogP) is 3.77. The highest BCUT2D eigenvalue weighted by molar-refractivity contribution is 9.11. The number of anilines is 2. The molecule has 5 nitrogen and oxygen atoms in total. The third kappa shape index (κ3) is 4.69. The molecular weight excluding hydrogens is 374 g/mol. The Hall–Kier alpha value is -1.12. The standard InChI is InChI=1S/C13H16BrN3O2S2/c1-9(2)7-15-12-5-3-10(8-16-12)17-21(18,19)13-6-4-11(14)20-13/h3-6,8-9,17H,7H2,1-2H3,(H,15,16). The van der Waals surface area contributed by atoms with E-state index in [1.165, 1.54) is 6.20 Å². The monoisotopic (exact) mass is 389 g/mol. The van der Waals surface area contributed by atoms with E-state index in [-0.39, 0.29) is 4.21 Å². The first kappa shape index (κ1) is 16.3. The summed E-state index contributed by atoms with van der Waals surface area (Å²) in [5.41, 5.74) is 0.439. The lowest BCUT2D eigenvalue weighted by atomic mass is 10.2. The van der Waals surface area contributed by atoms with Gasteiger partial charge in [-0.25, -0.2) is 13.4 Å². The molecule has 0 radical (unpaired) electrons. The average molecular weight is 390 g/mol. The zero-order valence-corrected chi connectivity index (χ0v) is 14.8. The van der Waals surface area contributed by atoms with E-state index in [9.17, 15) is 8.42 Å². The number of pyridine rings is 1. The molecule has 2 aromatic heterocycles. The van der Waals surface area contributed by atoms with Crippen molar-refractivity contribution in [3.63, 3.8) is 0 Å². The number of nitrogens with zero attached hydrogens (tertiary/aromatic N) is 1. The van der Waals surface area contributed by atoms with Crippen LogP contribution in [0, 0.1) is 5.92 Å². The summed E-state index contributed by atoms with van der Waals surface area (Å²) in [6.45, 7) is 5.03. The van der Waals surface area contributed by atoms with E-state index in [0.717, 1.165) is 27.5 Å². The fourth-order valence-corrected chi connectivity index (χ4v) is 4.57. The molecule has 0 saturated heterocycles. The van der Waals surface area contributed by atoms with Crippen LogP contribution in [0.1, 0.15) is 13.8 Å². The molecule has 114 valence electrons. The van der Waals surface area contributed by atoms with Crippen molar-refractivity contribution in [3.8, 4) is 0 Å². The minimum atomic E-state index is -3.55. The fraction of sp³-hybridized carbons (Fsp3) is 0.308. The highest BCUT2D eigenvalue weighted by Crippen LogP contribution is 2.27. The lowest BCUT2D eigenvalue weighted by Crippen LogP contribution is -2.12. The maximum Gasteiger partial charge on any atom is 0.271 e. The molecule has 0 fully saturated rings. The molecule has 2 heterocycles. The second-order valence-corrected chi connectivity index (χ2v) is 9.24. The molecule has 0 bridgehead atoms. The number of hydrogen-bond acceptors (Lipinski definition) is 5. The van der Waals surface area contributed by atoms with Crippen LogP contribution >= 0.6 is 27.3 Å². The minimum Gasteiger partial charge on any atom is -0.370 e. The number of halogens is 1. The second-order valence-electron chi connectivity index (χ2n) is 4.87. The van der Waals surface area contributed by atoms with Gasteiger partial charge in [-0.1, -0.05) is 13.8 Å². The first-order valence-electron chi connectivity index (χ1n) is 6.35. The highest BCUT2D eigenvalue weighted by Gasteiger charge is 2.16. The Bertz CT molecular complexity index is 696. The Morgan fingerprint density at radius 3 is 2.57 bits per heavy atom. The second kappa shape index (κ2) is 6.76. The van der Waals surface area contributed by atoms with Crippen LogP contribution in [-0.2, 0) is 10.0 Å². The topological polar surface area (TPSA) is 71.1 Å². The molecule has 0 unspecified atom stereocenters. The smallest absolute Gasteiger partial charge is 0.271 e. The Labute approximate surface area is 137 Å². The van der Waals surface area contributed by atoms with Gasteiger partial charge in [0.2, 0.25) is 0 Å². The van der Waals surface area contributed by atoms with Crippen LogP contribution in [-0.4, -0.2) is 19.9 Å². The van der Waals surface area contributed by atoms with Crippen molar-refractivity contribution in [1.82, 2.24) is 4.98 Å². The zero-order chi connectivity index (χ0) is 15.5. The van der Waals surface area contributed by atoms with Gasteiger partial charge < -0.3 is 5.32 Å². The average Bonchev–Trinajstić information content (AvgIpc) is 2.85. The van der Waals surface area contributed by atoms with Crippen molar-refractivity contribution in [3.05, 3.63) is 34.2 Å². The van der Waals surface area contributed by atoms with E-state index >= 15 is 0 Å². The van der Waals surface area contributed by atoms with E-state index in [2.05, 4.69) is 44.8 Å². The van der Waals surface area contributed by atoms with Gasteiger partial charge in [0.15, 0.2) is 0 Å². The van der Waals surface area contributed by atoms with Gasteiger partial charge in [0.1, 0.15) is 10.0 Å². The Kier molecular flexibility index (Phi) is 5.23. The van der Waals surface area contributed by atoms with Crippen LogP contribution in [0.2, 0.25) is 0 Å². The van der Waals surface area contributed by atoms with Crippen molar-refractivity contribution in [2.45, 2.75) is 18.1 Å². The fourth-order valence-electron chi connectivity index (χ4n) is 1.52. The maximum atomic E-state index is 12.1. The number of thiophene rings is 1. The van der Waals surface area contributed by atoms with Crippen LogP contribution in [0.15, 0.2) is 38.5 Å². The van der Waals surface area contributed by atoms with Crippen molar-refractivity contribution < 1.29 is 8.42 Å². The third-order valence-electron chi connectivity index (χ3n) is 2.52. The van der Waals surface area contributed by atoms with Crippen LogP contribution in [0.25, 0.3) is 0 Å². The number of sulfonamides is 1. The van der Waals surface area contributed by atoms with Crippen molar-refractivity contribution in [2.75, 3.05) is 16.6 Å². The Balaban J connectivity index is 2.06. The SMILES string of the molecule is CC(C)CNc1ccc(NS(=O)(=O)c2ccc(Br)s2)cn1. The minimum absolute atomic E-state index is 0.261. The molecule has 0 saturated carbocycles. The van der Waals surface area contributed by atoms with Gasteiger partial charge in [-0.05, 0) is 46.1 Å². The van der Waals surface area contributed by atoms with E-state index in [1.807, 2.05) is 0 Å². The summed E-state index contributed by atoms with van der Waals surface area (Å²) in [5.74, 6) is 1.24. The van der Waals surface area contributed by atoms with Gasteiger partial charge in [0.05, 0.1) is 15.7 Å². The third-order valence-corrected chi connectivity index (χ3v) is 6.02. The summed E-state index contributed by atoms with van der Waals surface area (Å²) in [6.07, 6.45) is 1.50. The molecule has 0 aromatic carbocycles. The molecule has 0 aliphatic rings. The number of hydrogen-bond donors (Lipinski definition) is 2. The first-order valence-corrected chi connectivity index (χ1v) is 9.44. The summed E-state index contributed by atoms with van der Waals surface area (Å²) in [5, 5.41) is 3.18. The molecule has 0 atom stereocenters. The summed E-state index contributed by atoms with van der Waals surface area (Å²) in [4.78, 5) is 4.19. The number of nitrogens with one attached hydrogen (secondary N) is 2. The van der Waals surface area contributed by atoms with Gasteiger partial charge >= 0.3 is 0 Å². The lowest BCUT2D eigenvalue weighted by Gasteiger charge is -2.09. The van der Waals surface area contributed by atoms with Crippen LogP contribution in [0.4, 0.5) is 11.5 Å². The van der Waals surface area contributed by atoms with Crippen LogP contribution in [0.3, 0.4) is 0 Å². The lowest BCUT2D eigenvalue weighted by molar-refractivity contribution is 0.603. The zero-order valence-electron chi connectivity index (χ0n) is 11.6. The molecule has 0 aliphatic heterocycles. The quantitative estimate of drug-likeness (QED) is 0.788. The van der Waals surface area contributed by atoms with Gasteiger partial charge in [-0.15, -0.1) is 11.3 Å². The summed E-state index contributed by atoms with van der Waals surface area (Å²) < 4.78 is 27.8. The van der Waals surface area contributed by atoms with E-state index in [4.69, 9.17) is 0 Å². The van der Waals surface area contributed by atoms with E-state index < -0.39 is 10.0 Å². The molecule has 0 amide bonds. The summed E-state index contributed by atoms with van der Waals surface area (Å²) >= 11 is 4.42. The van der Waals surface area contributed by atoms with Gasteiger partial charge in [0.25, 0.3) is 10.0 Å². The molecule has 8 heteroatoms. The molecule has 0 aliphatic carbocycles. The largest absolute Gasteiger partial charge is 0.370 e. The van der Waals surface area contributed by atoms with E-state index in [0.29, 0.717) is 11.6 Å². The molecule has 21 heavy (non-hydrogen) atoms. The van der Waals surface area contributed by atoms with E-state index in [1.54, 1.807) is 24.3 Å². The van der Waals surface area contributed by atoms with Crippen molar-refractivity contribution in [2.24, 2.45) is 5.92 Å². The first-order chi connectivity index (χ1) is 9.87. The normalized spacial score (nSPS) is 11.6. The number of aromatic nitrogens is 1. The predicted molar refractivity (Wildman–Crippen MR) is 90.4 cm³/mol. The molecular formula is C13H16BrN3O2S2. The molecule has 2 rings (SSSR count). The van der Waals surface area contributed by atoms with Crippen molar-refractivity contribution in [1.29, 1.82) is 0 Å². The van der Waals surface area contributed by atoms with Gasteiger partial charge in [0, 0.05) is 6.54 Å². The Morgan fingerprint density at radius 1 is 1.29 bits per heavy atom.